The molecule has 0 saturated carbocycles. The van der Waals surface area contributed by atoms with Crippen molar-refractivity contribution in [2.45, 2.75) is 18.9 Å². The van der Waals surface area contributed by atoms with E-state index in [9.17, 15) is 0 Å². The van der Waals surface area contributed by atoms with Crippen LogP contribution in [0.2, 0.25) is 0 Å². The van der Waals surface area contributed by atoms with Gasteiger partial charge in [0.25, 0.3) is 0 Å². The van der Waals surface area contributed by atoms with Crippen LogP contribution in [-0.4, -0.2) is 10.2 Å². The normalized spacial score (nSPS) is 18.9. The second kappa shape index (κ2) is 3.04. The van der Waals surface area contributed by atoms with Crippen LogP contribution in [0, 0.1) is 0 Å². The van der Waals surface area contributed by atoms with Crippen LogP contribution in [0.4, 0.5) is 0 Å². The minimum atomic E-state index is -1.27. The fraction of sp³-hybridized carbons (Fsp3) is 0.429. The van der Waals surface area contributed by atoms with E-state index >= 15 is 0 Å². The van der Waals surface area contributed by atoms with E-state index in [1.54, 1.807) is 13.0 Å². The number of aliphatic hydroxyl groups is 1. The maximum atomic E-state index is 9.10. The highest BCUT2D eigenvalue weighted by molar-refractivity contribution is 6.24. The van der Waals surface area contributed by atoms with Gasteiger partial charge in [0.05, 0.1) is 0 Å². The molecule has 0 aliphatic heterocycles. The van der Waals surface area contributed by atoms with Crippen LogP contribution >= 0.6 is 11.6 Å². The smallest absolute Gasteiger partial charge is 0.161 e. The minimum Gasteiger partial charge on any atom is -0.371 e. The first-order chi connectivity index (χ1) is 4.02. The number of alkyl halides is 1. The molecule has 0 aromatic carbocycles. The van der Waals surface area contributed by atoms with Gasteiger partial charge in [0, 0.05) is 0 Å². The molecule has 0 saturated heterocycles. The van der Waals surface area contributed by atoms with E-state index in [0.717, 1.165) is 0 Å². The molecule has 0 spiro atoms. The lowest BCUT2D eigenvalue weighted by Crippen LogP contribution is -2.16. The largest absolute Gasteiger partial charge is 0.371 e. The molecular weight excluding hydrogens is 136 g/mol. The summed E-state index contributed by atoms with van der Waals surface area (Å²) in [5, 5.41) is 7.84. The standard InChI is InChI=1S/C7H11ClO/c1-4-6(5-2)7(3,8)9/h4-5,9H,1H2,2-3H3. The van der Waals surface area contributed by atoms with Crippen LogP contribution in [0.1, 0.15) is 13.8 Å². The summed E-state index contributed by atoms with van der Waals surface area (Å²) in [5.41, 5.74) is 0.629. The first-order valence-corrected chi connectivity index (χ1v) is 3.10. The van der Waals surface area contributed by atoms with E-state index in [1.807, 2.05) is 0 Å². The van der Waals surface area contributed by atoms with E-state index < -0.39 is 5.06 Å². The van der Waals surface area contributed by atoms with Crippen molar-refractivity contribution in [3.63, 3.8) is 0 Å². The molecule has 52 valence electrons. The highest BCUT2D eigenvalue weighted by atomic mass is 35.5. The van der Waals surface area contributed by atoms with Gasteiger partial charge in [0.2, 0.25) is 0 Å². The van der Waals surface area contributed by atoms with Gasteiger partial charge in [-0.15, -0.1) is 0 Å². The zero-order valence-corrected chi connectivity index (χ0v) is 6.44. The molecule has 0 amide bonds. The maximum absolute atomic E-state index is 9.10. The number of allylic oxidation sites excluding steroid dienone is 1. The SMILES string of the molecule is C=CC(=CC)C(C)(O)Cl. The molecule has 0 aromatic heterocycles. The summed E-state index contributed by atoms with van der Waals surface area (Å²) in [6, 6.07) is 0. The van der Waals surface area contributed by atoms with Crippen molar-refractivity contribution < 1.29 is 5.11 Å². The number of rotatable bonds is 2. The molecule has 1 unspecified atom stereocenters. The van der Waals surface area contributed by atoms with Gasteiger partial charge in [-0.1, -0.05) is 30.3 Å². The highest BCUT2D eigenvalue weighted by Gasteiger charge is 2.17. The Kier molecular flexibility index (Phi) is 2.95. The number of hydrogen-bond acceptors (Lipinski definition) is 1. The Balaban J connectivity index is 4.32. The molecule has 0 fully saturated rings. The maximum Gasteiger partial charge on any atom is 0.161 e. The van der Waals surface area contributed by atoms with E-state index in [-0.39, 0.29) is 0 Å². The van der Waals surface area contributed by atoms with Crippen molar-refractivity contribution in [3.05, 3.63) is 24.3 Å². The van der Waals surface area contributed by atoms with Gasteiger partial charge in [0.15, 0.2) is 5.06 Å². The lowest BCUT2D eigenvalue weighted by Gasteiger charge is -2.14. The topological polar surface area (TPSA) is 20.2 Å². The zero-order chi connectivity index (χ0) is 7.49. The Hall–Kier alpha value is -0.270. The predicted molar refractivity (Wildman–Crippen MR) is 40.4 cm³/mol. The lowest BCUT2D eigenvalue weighted by atomic mass is 10.1. The zero-order valence-electron chi connectivity index (χ0n) is 5.69. The average Bonchev–Trinajstić information content (AvgIpc) is 1.65. The molecule has 9 heavy (non-hydrogen) atoms. The van der Waals surface area contributed by atoms with Crippen LogP contribution in [-0.2, 0) is 0 Å². The van der Waals surface area contributed by atoms with Crippen LogP contribution in [0.5, 0.6) is 0 Å². The summed E-state index contributed by atoms with van der Waals surface area (Å²) in [7, 11) is 0. The van der Waals surface area contributed by atoms with Crippen LogP contribution in [0.15, 0.2) is 24.3 Å². The van der Waals surface area contributed by atoms with Gasteiger partial charge in [0.1, 0.15) is 0 Å². The predicted octanol–water partition coefficient (Wildman–Crippen LogP) is 2.07. The second-order valence-corrected chi connectivity index (χ2v) is 2.64. The molecule has 0 radical (unpaired) electrons. The number of halogens is 1. The molecule has 1 N–H and O–H groups in total. The van der Waals surface area contributed by atoms with Gasteiger partial charge >= 0.3 is 0 Å². The third-order valence-corrected chi connectivity index (χ3v) is 1.28. The summed E-state index contributed by atoms with van der Waals surface area (Å²) < 4.78 is 0. The Morgan fingerprint density at radius 2 is 2.22 bits per heavy atom. The molecule has 0 heterocycles. The monoisotopic (exact) mass is 146 g/mol. The summed E-state index contributed by atoms with van der Waals surface area (Å²) >= 11 is 5.52. The van der Waals surface area contributed by atoms with Gasteiger partial charge in [-0.25, -0.2) is 0 Å². The Labute approximate surface area is 60.6 Å². The van der Waals surface area contributed by atoms with Crippen LogP contribution in [0.25, 0.3) is 0 Å². The lowest BCUT2D eigenvalue weighted by molar-refractivity contribution is 0.191. The minimum absolute atomic E-state index is 0.629. The van der Waals surface area contributed by atoms with Crippen molar-refractivity contribution >= 4 is 11.6 Å². The molecular formula is C7H11ClO. The molecule has 0 rings (SSSR count). The van der Waals surface area contributed by atoms with Crippen LogP contribution in [0.3, 0.4) is 0 Å². The second-order valence-electron chi connectivity index (χ2n) is 1.90. The van der Waals surface area contributed by atoms with Gasteiger partial charge in [-0.05, 0) is 19.4 Å². The molecule has 0 aromatic rings. The molecule has 2 heteroatoms. The van der Waals surface area contributed by atoms with Crippen LogP contribution < -0.4 is 0 Å². The molecule has 0 aliphatic carbocycles. The van der Waals surface area contributed by atoms with Crippen molar-refractivity contribution in [2.24, 2.45) is 0 Å². The summed E-state index contributed by atoms with van der Waals surface area (Å²) in [6.45, 7) is 6.79. The van der Waals surface area contributed by atoms with Gasteiger partial charge < -0.3 is 5.11 Å². The summed E-state index contributed by atoms with van der Waals surface area (Å²) in [6.07, 6.45) is 3.26. The summed E-state index contributed by atoms with van der Waals surface area (Å²) in [5.74, 6) is 0. The van der Waals surface area contributed by atoms with Crippen molar-refractivity contribution in [2.75, 3.05) is 0 Å². The molecule has 1 atom stereocenters. The van der Waals surface area contributed by atoms with Crippen molar-refractivity contribution in [1.29, 1.82) is 0 Å². The third-order valence-electron chi connectivity index (χ3n) is 1.06. The Morgan fingerprint density at radius 3 is 2.22 bits per heavy atom. The van der Waals surface area contributed by atoms with Gasteiger partial charge in [-0.2, -0.15) is 0 Å². The fourth-order valence-electron chi connectivity index (χ4n) is 0.568. The summed E-state index contributed by atoms with van der Waals surface area (Å²) in [4.78, 5) is 0. The van der Waals surface area contributed by atoms with E-state index in [2.05, 4.69) is 6.58 Å². The number of hydrogen-bond donors (Lipinski definition) is 1. The van der Waals surface area contributed by atoms with E-state index in [0.29, 0.717) is 5.57 Å². The molecule has 1 nitrogen and oxygen atoms in total. The van der Waals surface area contributed by atoms with Crippen molar-refractivity contribution in [1.82, 2.24) is 0 Å². The van der Waals surface area contributed by atoms with Gasteiger partial charge in [-0.3, -0.25) is 0 Å². The van der Waals surface area contributed by atoms with Crippen molar-refractivity contribution in [3.8, 4) is 0 Å². The van der Waals surface area contributed by atoms with E-state index in [4.69, 9.17) is 16.7 Å². The third kappa shape index (κ3) is 2.68. The fourth-order valence-corrected chi connectivity index (χ4v) is 0.754. The Bertz CT molecular complexity index is 130. The molecule has 0 aliphatic rings. The van der Waals surface area contributed by atoms with E-state index in [1.165, 1.54) is 13.0 Å². The first-order valence-electron chi connectivity index (χ1n) is 2.73. The highest BCUT2D eigenvalue weighted by Crippen LogP contribution is 2.20. The quantitative estimate of drug-likeness (QED) is 0.467. The molecule has 0 bridgehead atoms. The Morgan fingerprint density at radius 1 is 1.78 bits per heavy atom. The average molecular weight is 147 g/mol. The first kappa shape index (κ1) is 8.73.